The third-order valence-corrected chi connectivity index (χ3v) is 3.43. The van der Waals surface area contributed by atoms with Crippen molar-refractivity contribution < 1.29 is 4.48 Å². The summed E-state index contributed by atoms with van der Waals surface area (Å²) < 4.78 is 1.09. The van der Waals surface area contributed by atoms with Crippen LogP contribution in [-0.2, 0) is 0 Å². The maximum atomic E-state index is 2.36. The molecule has 2 unspecified atom stereocenters. The van der Waals surface area contributed by atoms with Crippen LogP contribution < -0.4 is 0 Å². The van der Waals surface area contributed by atoms with E-state index >= 15 is 0 Å². The van der Waals surface area contributed by atoms with Crippen molar-refractivity contribution in [2.75, 3.05) is 21.1 Å². The van der Waals surface area contributed by atoms with E-state index in [-0.39, 0.29) is 0 Å². The highest BCUT2D eigenvalue weighted by atomic mass is 15.3. The molecule has 2 atom stereocenters. The van der Waals surface area contributed by atoms with Crippen LogP contribution in [-0.4, -0.2) is 31.7 Å². The molecule has 0 aromatic carbocycles. The highest BCUT2D eigenvalue weighted by molar-refractivity contribution is 5.27. The van der Waals surface area contributed by atoms with Gasteiger partial charge in [-0.25, -0.2) is 0 Å². The van der Waals surface area contributed by atoms with Gasteiger partial charge in [0.05, 0.1) is 21.1 Å². The Labute approximate surface area is 81.3 Å². The van der Waals surface area contributed by atoms with Crippen molar-refractivity contribution in [3.63, 3.8) is 0 Å². The highest BCUT2D eigenvalue weighted by Gasteiger charge is 2.38. The lowest BCUT2D eigenvalue weighted by Gasteiger charge is -2.33. The maximum absolute atomic E-state index is 2.36. The zero-order valence-electron chi connectivity index (χ0n) is 8.96. The first-order valence-corrected chi connectivity index (χ1v) is 5.27. The molecular weight excluding hydrogens is 158 g/mol. The van der Waals surface area contributed by atoms with Crippen molar-refractivity contribution in [3.8, 4) is 0 Å². The van der Waals surface area contributed by atoms with Crippen LogP contribution in [0.15, 0.2) is 23.8 Å². The minimum absolute atomic E-state index is 0.773. The van der Waals surface area contributed by atoms with Gasteiger partial charge in [-0.2, -0.15) is 0 Å². The second-order valence-corrected chi connectivity index (χ2v) is 5.24. The summed E-state index contributed by atoms with van der Waals surface area (Å²) in [6.07, 6.45) is 11.0. The summed E-state index contributed by atoms with van der Waals surface area (Å²) in [5.41, 5.74) is 1.70. The lowest BCUT2D eigenvalue weighted by Crippen LogP contribution is -2.44. The summed E-state index contributed by atoms with van der Waals surface area (Å²) in [6, 6.07) is 0.773. The molecule has 1 saturated carbocycles. The molecule has 0 spiro atoms. The largest absolute Gasteiger partial charge is 0.325 e. The van der Waals surface area contributed by atoms with E-state index < -0.39 is 0 Å². The number of allylic oxidation sites excluding steroid dienone is 3. The van der Waals surface area contributed by atoms with Gasteiger partial charge in [-0.15, -0.1) is 0 Å². The van der Waals surface area contributed by atoms with E-state index in [0.717, 1.165) is 16.4 Å². The van der Waals surface area contributed by atoms with Gasteiger partial charge in [0.15, 0.2) is 0 Å². The number of rotatable bonds is 1. The molecule has 0 N–H and O–H groups in total. The van der Waals surface area contributed by atoms with E-state index in [0.29, 0.717) is 0 Å². The second kappa shape index (κ2) is 2.98. The average Bonchev–Trinajstić information content (AvgIpc) is 2.45. The first-order valence-electron chi connectivity index (χ1n) is 5.27. The third kappa shape index (κ3) is 1.58. The van der Waals surface area contributed by atoms with Gasteiger partial charge in [-0.1, -0.05) is 18.2 Å². The van der Waals surface area contributed by atoms with Gasteiger partial charge in [0.1, 0.15) is 6.04 Å². The van der Waals surface area contributed by atoms with Crippen molar-refractivity contribution in [2.45, 2.75) is 25.3 Å². The molecule has 1 fully saturated rings. The fraction of sp³-hybridized carbons (Fsp3) is 0.667. The van der Waals surface area contributed by atoms with Crippen molar-refractivity contribution in [2.24, 2.45) is 5.92 Å². The predicted octanol–water partition coefficient (Wildman–Crippen LogP) is 2.36. The Morgan fingerprint density at radius 1 is 1.23 bits per heavy atom. The third-order valence-electron chi connectivity index (χ3n) is 3.43. The number of nitrogens with zero attached hydrogens (tertiary/aromatic N) is 1. The van der Waals surface area contributed by atoms with Gasteiger partial charge >= 0.3 is 0 Å². The van der Waals surface area contributed by atoms with Crippen molar-refractivity contribution in [1.82, 2.24) is 0 Å². The van der Waals surface area contributed by atoms with Crippen LogP contribution in [0.4, 0.5) is 0 Å². The maximum Gasteiger partial charge on any atom is 0.111 e. The monoisotopic (exact) mass is 178 g/mol. The van der Waals surface area contributed by atoms with Gasteiger partial charge < -0.3 is 4.48 Å². The molecular formula is C12H20N+. The van der Waals surface area contributed by atoms with Crippen LogP contribution >= 0.6 is 0 Å². The summed E-state index contributed by atoms with van der Waals surface area (Å²) >= 11 is 0. The Kier molecular flexibility index (Phi) is 2.07. The molecule has 0 amide bonds. The standard InChI is InChI=1S/C12H20N/c1-13(2,3)12-9-8-10-6-4-5-7-11(10)12/h4-5,7,10,12H,6,8-9H2,1-3H3/q+1. The lowest BCUT2D eigenvalue weighted by molar-refractivity contribution is -0.889. The van der Waals surface area contributed by atoms with Crippen LogP contribution in [0.5, 0.6) is 0 Å². The zero-order chi connectivity index (χ0) is 9.47. The van der Waals surface area contributed by atoms with Crippen LogP contribution in [0.25, 0.3) is 0 Å². The Hall–Kier alpha value is -0.560. The van der Waals surface area contributed by atoms with Gasteiger partial charge in [-0.3, -0.25) is 0 Å². The molecule has 0 aromatic rings. The summed E-state index contributed by atoms with van der Waals surface area (Å²) in [5, 5.41) is 0. The molecule has 0 bridgehead atoms. The SMILES string of the molecule is C[N+](C)(C)C1CCC2CC=CC=C21. The highest BCUT2D eigenvalue weighted by Crippen LogP contribution is 2.39. The van der Waals surface area contributed by atoms with Crippen molar-refractivity contribution >= 4 is 0 Å². The zero-order valence-corrected chi connectivity index (χ0v) is 8.96. The van der Waals surface area contributed by atoms with Gasteiger partial charge in [0.25, 0.3) is 0 Å². The number of fused-ring (bicyclic) bond motifs is 1. The van der Waals surface area contributed by atoms with Gasteiger partial charge in [0.2, 0.25) is 0 Å². The molecule has 0 aliphatic heterocycles. The van der Waals surface area contributed by atoms with E-state index in [1.807, 2.05) is 0 Å². The fourth-order valence-electron chi connectivity index (χ4n) is 2.72. The summed E-state index contributed by atoms with van der Waals surface area (Å²) in [5.74, 6) is 0.868. The normalized spacial score (nSPS) is 33.0. The minimum atomic E-state index is 0.773. The Morgan fingerprint density at radius 2 is 2.00 bits per heavy atom. The van der Waals surface area contributed by atoms with E-state index in [4.69, 9.17) is 0 Å². The lowest BCUT2D eigenvalue weighted by atomic mass is 9.93. The predicted molar refractivity (Wildman–Crippen MR) is 56.4 cm³/mol. The van der Waals surface area contributed by atoms with Crippen LogP contribution in [0.2, 0.25) is 0 Å². The molecule has 0 saturated heterocycles. The van der Waals surface area contributed by atoms with Crippen molar-refractivity contribution in [3.05, 3.63) is 23.8 Å². The average molecular weight is 178 g/mol. The molecule has 1 nitrogen and oxygen atoms in total. The van der Waals surface area contributed by atoms with Crippen molar-refractivity contribution in [1.29, 1.82) is 0 Å². The Morgan fingerprint density at radius 3 is 2.69 bits per heavy atom. The molecule has 2 rings (SSSR count). The van der Waals surface area contributed by atoms with Crippen LogP contribution in [0, 0.1) is 5.92 Å². The molecule has 0 aromatic heterocycles. The van der Waals surface area contributed by atoms with Gasteiger partial charge in [-0.05, 0) is 24.3 Å². The number of hydrogen-bond donors (Lipinski definition) is 0. The second-order valence-electron chi connectivity index (χ2n) is 5.24. The molecule has 0 radical (unpaired) electrons. The quantitative estimate of drug-likeness (QED) is 0.541. The Balaban J connectivity index is 2.24. The smallest absolute Gasteiger partial charge is 0.111 e. The van der Waals surface area contributed by atoms with Crippen LogP contribution in [0.1, 0.15) is 19.3 Å². The summed E-state index contributed by atoms with van der Waals surface area (Å²) in [6.45, 7) is 0. The number of quaternary nitrogens is 1. The summed E-state index contributed by atoms with van der Waals surface area (Å²) in [7, 11) is 6.94. The summed E-state index contributed by atoms with van der Waals surface area (Å²) in [4.78, 5) is 0. The molecule has 2 aliphatic rings. The minimum Gasteiger partial charge on any atom is -0.325 e. The fourth-order valence-corrected chi connectivity index (χ4v) is 2.72. The number of hydrogen-bond acceptors (Lipinski definition) is 0. The first-order chi connectivity index (χ1) is 6.09. The first kappa shape index (κ1) is 9.01. The van der Waals surface area contributed by atoms with E-state index in [2.05, 4.69) is 39.4 Å². The number of likely N-dealkylation sites (N-methyl/N-ethyl adjacent to an activating group) is 1. The molecule has 0 heterocycles. The van der Waals surface area contributed by atoms with E-state index in [9.17, 15) is 0 Å². The topological polar surface area (TPSA) is 0 Å². The molecule has 2 aliphatic carbocycles. The molecule has 72 valence electrons. The molecule has 13 heavy (non-hydrogen) atoms. The van der Waals surface area contributed by atoms with Gasteiger partial charge in [0, 0.05) is 6.42 Å². The molecule has 1 heteroatoms. The van der Waals surface area contributed by atoms with E-state index in [1.54, 1.807) is 5.57 Å². The van der Waals surface area contributed by atoms with E-state index in [1.165, 1.54) is 19.3 Å². The van der Waals surface area contributed by atoms with Crippen LogP contribution in [0.3, 0.4) is 0 Å². The Bertz CT molecular complexity index is 255.